The van der Waals surface area contributed by atoms with Crippen LogP contribution in [0.2, 0.25) is 0 Å². The first-order valence-corrected chi connectivity index (χ1v) is 8.16. The van der Waals surface area contributed by atoms with Crippen molar-refractivity contribution in [3.63, 3.8) is 0 Å². The molecular weight excluding hydrogens is 302 g/mol. The molecule has 0 spiro atoms. The molecular formula is C13H18F2N2O3S. The molecule has 1 aromatic carbocycles. The van der Waals surface area contributed by atoms with Crippen LogP contribution in [0, 0.1) is 17.6 Å². The lowest BCUT2D eigenvalue weighted by Crippen LogP contribution is -2.45. The molecule has 0 unspecified atom stereocenters. The Labute approximate surface area is 122 Å². The second-order valence-electron chi connectivity index (χ2n) is 5.09. The number of piperidine rings is 1. The minimum Gasteiger partial charge on any atom is -0.396 e. The fraction of sp³-hybridized carbons (Fsp3) is 0.538. The molecule has 1 saturated heterocycles. The highest BCUT2D eigenvalue weighted by Gasteiger charge is 2.27. The summed E-state index contributed by atoms with van der Waals surface area (Å²) in [5, 5.41) is 9.03. The number of aliphatic hydroxyl groups excluding tert-OH is 1. The van der Waals surface area contributed by atoms with Gasteiger partial charge in [-0.15, -0.1) is 0 Å². The van der Waals surface area contributed by atoms with Gasteiger partial charge in [-0.05, 0) is 37.0 Å². The second-order valence-corrected chi connectivity index (χ2v) is 6.84. The van der Waals surface area contributed by atoms with Crippen molar-refractivity contribution < 1.29 is 22.3 Å². The lowest BCUT2D eigenvalue weighted by Gasteiger charge is -2.30. The maximum Gasteiger partial charge on any atom is 0.279 e. The van der Waals surface area contributed by atoms with Gasteiger partial charge in [0.2, 0.25) is 0 Å². The molecule has 2 N–H and O–H groups in total. The summed E-state index contributed by atoms with van der Waals surface area (Å²) in [5.74, 6) is -1.15. The van der Waals surface area contributed by atoms with Crippen molar-refractivity contribution in [1.29, 1.82) is 0 Å². The first-order valence-electron chi connectivity index (χ1n) is 6.72. The Balaban J connectivity index is 1.97. The summed E-state index contributed by atoms with van der Waals surface area (Å²) in [6, 6.07) is 2.91. The number of hydrogen-bond acceptors (Lipinski definition) is 3. The van der Waals surface area contributed by atoms with E-state index in [4.69, 9.17) is 5.11 Å². The number of halogens is 2. The van der Waals surface area contributed by atoms with Crippen molar-refractivity contribution >= 4 is 10.2 Å². The Morgan fingerprint density at radius 2 is 1.95 bits per heavy atom. The number of benzene rings is 1. The zero-order valence-electron chi connectivity index (χ0n) is 11.4. The molecule has 0 atom stereocenters. The molecule has 1 aromatic rings. The molecule has 0 amide bonds. The van der Waals surface area contributed by atoms with Gasteiger partial charge in [-0.1, -0.05) is 0 Å². The summed E-state index contributed by atoms with van der Waals surface area (Å²) in [7, 11) is -3.73. The Hall–Kier alpha value is -1.09. The fourth-order valence-electron chi connectivity index (χ4n) is 2.27. The quantitative estimate of drug-likeness (QED) is 0.850. The van der Waals surface area contributed by atoms with Gasteiger partial charge < -0.3 is 5.11 Å². The third-order valence-electron chi connectivity index (χ3n) is 3.62. The molecule has 21 heavy (non-hydrogen) atoms. The van der Waals surface area contributed by atoms with Gasteiger partial charge in [0.25, 0.3) is 10.2 Å². The Morgan fingerprint density at radius 1 is 1.29 bits per heavy atom. The van der Waals surface area contributed by atoms with E-state index >= 15 is 0 Å². The molecule has 5 nitrogen and oxygen atoms in total. The smallest absolute Gasteiger partial charge is 0.279 e. The molecule has 0 aliphatic carbocycles. The minimum atomic E-state index is -3.73. The molecule has 1 heterocycles. The molecule has 1 fully saturated rings. The first kappa shape index (κ1) is 16.3. The average molecular weight is 320 g/mol. The number of rotatable bonds is 5. The van der Waals surface area contributed by atoms with Crippen LogP contribution in [0.4, 0.5) is 8.78 Å². The SMILES string of the molecule is O=S(=O)(NCc1cc(F)ccc1F)N1CCC(CO)CC1. The van der Waals surface area contributed by atoms with Crippen LogP contribution < -0.4 is 4.72 Å². The lowest BCUT2D eigenvalue weighted by molar-refractivity contribution is 0.169. The minimum absolute atomic E-state index is 0.0381. The Kier molecular flexibility index (Phi) is 5.26. The summed E-state index contributed by atoms with van der Waals surface area (Å²) in [6.07, 6.45) is 1.18. The van der Waals surface area contributed by atoms with E-state index in [1.807, 2.05) is 0 Å². The van der Waals surface area contributed by atoms with E-state index in [1.165, 1.54) is 4.31 Å². The van der Waals surface area contributed by atoms with Gasteiger partial charge in [-0.3, -0.25) is 0 Å². The van der Waals surface area contributed by atoms with Crippen molar-refractivity contribution in [2.75, 3.05) is 19.7 Å². The largest absolute Gasteiger partial charge is 0.396 e. The van der Waals surface area contributed by atoms with Crippen LogP contribution in [0.1, 0.15) is 18.4 Å². The van der Waals surface area contributed by atoms with Gasteiger partial charge in [-0.2, -0.15) is 17.4 Å². The highest BCUT2D eigenvalue weighted by molar-refractivity contribution is 7.87. The van der Waals surface area contributed by atoms with Gasteiger partial charge in [-0.25, -0.2) is 8.78 Å². The number of nitrogens with zero attached hydrogens (tertiary/aromatic N) is 1. The van der Waals surface area contributed by atoms with Crippen LogP contribution in [-0.2, 0) is 16.8 Å². The van der Waals surface area contributed by atoms with Crippen molar-refractivity contribution in [2.45, 2.75) is 19.4 Å². The third-order valence-corrected chi connectivity index (χ3v) is 5.18. The molecule has 1 aliphatic rings. The van der Waals surface area contributed by atoms with Gasteiger partial charge in [0.05, 0.1) is 0 Å². The molecule has 2 rings (SSSR count). The van der Waals surface area contributed by atoms with Crippen molar-refractivity contribution in [3.05, 3.63) is 35.4 Å². The summed E-state index contributed by atoms with van der Waals surface area (Å²) >= 11 is 0. The van der Waals surface area contributed by atoms with E-state index in [0.717, 1.165) is 18.2 Å². The van der Waals surface area contributed by atoms with Crippen molar-refractivity contribution in [3.8, 4) is 0 Å². The Bertz CT molecular complexity index is 587. The Morgan fingerprint density at radius 3 is 2.57 bits per heavy atom. The van der Waals surface area contributed by atoms with Crippen LogP contribution in [-0.4, -0.2) is 37.5 Å². The van der Waals surface area contributed by atoms with Crippen molar-refractivity contribution in [1.82, 2.24) is 9.03 Å². The standard InChI is InChI=1S/C13H18F2N2O3S/c14-12-1-2-13(15)11(7-12)8-16-21(19,20)17-5-3-10(9-18)4-6-17/h1-2,7,10,16,18H,3-6,8-9H2. The van der Waals surface area contributed by atoms with Crippen LogP contribution in [0.5, 0.6) is 0 Å². The summed E-state index contributed by atoms with van der Waals surface area (Å²) in [6.45, 7) is 0.375. The van der Waals surface area contributed by atoms with Crippen LogP contribution in [0.3, 0.4) is 0 Å². The molecule has 0 radical (unpaired) electrons. The van der Waals surface area contributed by atoms with E-state index in [9.17, 15) is 17.2 Å². The highest BCUT2D eigenvalue weighted by Crippen LogP contribution is 2.18. The predicted molar refractivity (Wildman–Crippen MR) is 73.5 cm³/mol. The van der Waals surface area contributed by atoms with E-state index < -0.39 is 21.8 Å². The highest BCUT2D eigenvalue weighted by atomic mass is 32.2. The molecule has 1 aliphatic heterocycles. The maximum atomic E-state index is 13.4. The van der Waals surface area contributed by atoms with Crippen LogP contribution in [0.25, 0.3) is 0 Å². The lowest BCUT2D eigenvalue weighted by atomic mass is 10.00. The molecule has 8 heteroatoms. The number of nitrogens with one attached hydrogen (secondary N) is 1. The predicted octanol–water partition coefficient (Wildman–Crippen LogP) is 1.00. The normalized spacial score (nSPS) is 18.0. The average Bonchev–Trinajstić information content (AvgIpc) is 2.48. The maximum absolute atomic E-state index is 13.4. The van der Waals surface area contributed by atoms with Gasteiger partial charge >= 0.3 is 0 Å². The fourth-order valence-corrected chi connectivity index (χ4v) is 3.48. The van der Waals surface area contributed by atoms with Gasteiger partial charge in [0, 0.05) is 31.8 Å². The topological polar surface area (TPSA) is 69.6 Å². The van der Waals surface area contributed by atoms with E-state index in [0.29, 0.717) is 25.9 Å². The summed E-state index contributed by atoms with van der Waals surface area (Å²) < 4.78 is 54.2. The zero-order chi connectivity index (χ0) is 15.5. The molecule has 118 valence electrons. The summed E-state index contributed by atoms with van der Waals surface area (Å²) in [4.78, 5) is 0. The monoisotopic (exact) mass is 320 g/mol. The third kappa shape index (κ3) is 4.19. The van der Waals surface area contributed by atoms with Crippen LogP contribution in [0.15, 0.2) is 18.2 Å². The van der Waals surface area contributed by atoms with E-state index in [-0.39, 0.29) is 24.6 Å². The molecule has 0 bridgehead atoms. The zero-order valence-corrected chi connectivity index (χ0v) is 12.2. The summed E-state index contributed by atoms with van der Waals surface area (Å²) in [5.41, 5.74) is -0.0381. The van der Waals surface area contributed by atoms with Crippen LogP contribution >= 0.6 is 0 Å². The second kappa shape index (κ2) is 6.78. The molecule has 0 aromatic heterocycles. The van der Waals surface area contributed by atoms with E-state index in [1.54, 1.807) is 0 Å². The van der Waals surface area contributed by atoms with Crippen molar-refractivity contribution in [2.24, 2.45) is 5.92 Å². The first-order chi connectivity index (χ1) is 9.92. The number of aliphatic hydroxyl groups is 1. The van der Waals surface area contributed by atoms with E-state index in [2.05, 4.69) is 4.72 Å². The molecule has 0 saturated carbocycles. The van der Waals surface area contributed by atoms with Gasteiger partial charge in [0.15, 0.2) is 0 Å². The number of hydrogen-bond donors (Lipinski definition) is 2. The van der Waals surface area contributed by atoms with Gasteiger partial charge in [0.1, 0.15) is 11.6 Å².